The largest absolute Gasteiger partial charge is 0.497 e. The summed E-state index contributed by atoms with van der Waals surface area (Å²) in [4.78, 5) is 22.0. The van der Waals surface area contributed by atoms with Crippen molar-refractivity contribution in [1.82, 2.24) is 9.97 Å². The van der Waals surface area contributed by atoms with E-state index in [-0.39, 0.29) is 5.91 Å². The summed E-state index contributed by atoms with van der Waals surface area (Å²) in [5.74, 6) is 1.72. The standard InChI is InChI=1S/C19H19N3O3/c1-24-8-7-22-17-11-16-15(9-13(17)10-18(22)23)20-19(21-16)12-3-5-14(25-2)6-4-12/h3-6,9,11H,7-8,10H2,1-2H3,(H,20,21). The predicted molar refractivity (Wildman–Crippen MR) is 96.0 cm³/mol. The molecule has 6 heteroatoms. The Morgan fingerprint density at radius 2 is 2.00 bits per heavy atom. The third-order valence-corrected chi connectivity index (χ3v) is 4.50. The molecule has 1 aliphatic rings. The smallest absolute Gasteiger partial charge is 0.231 e. The number of rotatable bonds is 5. The average molecular weight is 337 g/mol. The van der Waals surface area contributed by atoms with Crippen LogP contribution in [0.4, 0.5) is 5.69 Å². The number of H-pyrrole nitrogens is 1. The number of fused-ring (bicyclic) bond motifs is 2. The zero-order valence-electron chi connectivity index (χ0n) is 14.2. The van der Waals surface area contributed by atoms with Crippen molar-refractivity contribution in [2.75, 3.05) is 32.3 Å². The molecular weight excluding hydrogens is 318 g/mol. The van der Waals surface area contributed by atoms with Crippen LogP contribution in [0.15, 0.2) is 36.4 Å². The topological polar surface area (TPSA) is 67.5 Å². The summed E-state index contributed by atoms with van der Waals surface area (Å²) in [6, 6.07) is 11.8. The molecule has 0 atom stereocenters. The number of hydrogen-bond donors (Lipinski definition) is 1. The van der Waals surface area contributed by atoms with Gasteiger partial charge in [0.05, 0.1) is 31.2 Å². The average Bonchev–Trinajstić information content (AvgIpc) is 3.17. The molecule has 3 aromatic rings. The lowest BCUT2D eigenvalue weighted by atomic mass is 10.1. The fourth-order valence-electron chi connectivity index (χ4n) is 3.19. The summed E-state index contributed by atoms with van der Waals surface area (Å²) in [6.45, 7) is 1.07. The zero-order valence-corrected chi connectivity index (χ0v) is 14.2. The SMILES string of the molecule is COCCN1C(=O)Cc2cc3[nH]c(-c4ccc(OC)cc4)nc3cc21. The van der Waals surface area contributed by atoms with Gasteiger partial charge in [0.15, 0.2) is 0 Å². The number of aromatic amines is 1. The third-order valence-electron chi connectivity index (χ3n) is 4.50. The molecule has 1 aromatic heterocycles. The Bertz CT molecular complexity index is 931. The van der Waals surface area contributed by atoms with E-state index in [2.05, 4.69) is 4.98 Å². The number of benzene rings is 2. The molecule has 1 aliphatic heterocycles. The molecule has 0 saturated carbocycles. The first-order valence-electron chi connectivity index (χ1n) is 8.16. The van der Waals surface area contributed by atoms with Gasteiger partial charge in [-0.15, -0.1) is 0 Å². The van der Waals surface area contributed by atoms with E-state index in [1.54, 1.807) is 19.1 Å². The minimum Gasteiger partial charge on any atom is -0.497 e. The van der Waals surface area contributed by atoms with Gasteiger partial charge >= 0.3 is 0 Å². The monoisotopic (exact) mass is 337 g/mol. The van der Waals surface area contributed by atoms with E-state index < -0.39 is 0 Å². The lowest BCUT2D eigenvalue weighted by Crippen LogP contribution is -2.30. The number of hydrogen-bond acceptors (Lipinski definition) is 4. The van der Waals surface area contributed by atoms with Gasteiger partial charge in [-0.2, -0.15) is 0 Å². The molecule has 0 aliphatic carbocycles. The summed E-state index contributed by atoms with van der Waals surface area (Å²) >= 11 is 0. The third kappa shape index (κ3) is 2.74. The highest BCUT2D eigenvalue weighted by molar-refractivity contribution is 6.04. The second-order valence-electron chi connectivity index (χ2n) is 6.03. The summed E-state index contributed by atoms with van der Waals surface area (Å²) in [6.07, 6.45) is 0.422. The van der Waals surface area contributed by atoms with Crippen LogP contribution in [0.25, 0.3) is 22.4 Å². The van der Waals surface area contributed by atoms with E-state index in [9.17, 15) is 4.79 Å². The maximum atomic E-state index is 12.2. The van der Waals surface area contributed by atoms with Crippen LogP contribution in [0.1, 0.15) is 5.56 Å². The predicted octanol–water partition coefficient (Wildman–Crippen LogP) is 2.77. The number of aromatic nitrogens is 2. The summed E-state index contributed by atoms with van der Waals surface area (Å²) < 4.78 is 10.3. The summed E-state index contributed by atoms with van der Waals surface area (Å²) in [7, 11) is 3.29. The van der Waals surface area contributed by atoms with Crippen molar-refractivity contribution in [1.29, 1.82) is 0 Å². The Morgan fingerprint density at radius 3 is 2.72 bits per heavy atom. The molecular formula is C19H19N3O3. The van der Waals surface area contributed by atoms with Crippen LogP contribution in [-0.4, -0.2) is 43.2 Å². The van der Waals surface area contributed by atoms with Crippen LogP contribution in [0.3, 0.4) is 0 Å². The van der Waals surface area contributed by atoms with Crippen molar-refractivity contribution in [2.45, 2.75) is 6.42 Å². The van der Waals surface area contributed by atoms with Crippen LogP contribution in [0.2, 0.25) is 0 Å². The molecule has 0 bridgehead atoms. The van der Waals surface area contributed by atoms with E-state index in [0.29, 0.717) is 19.6 Å². The van der Waals surface area contributed by atoms with Gasteiger partial charge in [-0.1, -0.05) is 0 Å². The molecule has 0 spiro atoms. The van der Waals surface area contributed by atoms with Crippen molar-refractivity contribution in [3.8, 4) is 17.1 Å². The zero-order chi connectivity index (χ0) is 17.4. The van der Waals surface area contributed by atoms with Gasteiger partial charge in [0.1, 0.15) is 11.6 Å². The molecule has 128 valence electrons. The maximum absolute atomic E-state index is 12.2. The molecule has 0 unspecified atom stereocenters. The second kappa shape index (κ2) is 6.22. The summed E-state index contributed by atoms with van der Waals surface area (Å²) in [5.41, 5.74) is 4.73. The number of carbonyl (C=O) groups excluding carboxylic acids is 1. The molecule has 2 heterocycles. The van der Waals surface area contributed by atoms with Crippen LogP contribution < -0.4 is 9.64 Å². The van der Waals surface area contributed by atoms with E-state index in [1.165, 1.54) is 0 Å². The minimum atomic E-state index is 0.107. The Morgan fingerprint density at radius 1 is 1.20 bits per heavy atom. The molecule has 25 heavy (non-hydrogen) atoms. The number of ether oxygens (including phenoxy) is 2. The van der Waals surface area contributed by atoms with Crippen molar-refractivity contribution in [2.24, 2.45) is 0 Å². The highest BCUT2D eigenvalue weighted by Crippen LogP contribution is 2.33. The van der Waals surface area contributed by atoms with E-state index in [1.807, 2.05) is 36.4 Å². The lowest BCUT2D eigenvalue weighted by molar-refractivity contribution is -0.117. The van der Waals surface area contributed by atoms with Crippen LogP contribution in [-0.2, 0) is 16.0 Å². The molecule has 2 aromatic carbocycles. The molecule has 1 amide bonds. The number of imidazole rings is 1. The van der Waals surface area contributed by atoms with Crippen LogP contribution >= 0.6 is 0 Å². The Hall–Kier alpha value is -2.86. The molecule has 0 saturated heterocycles. The van der Waals surface area contributed by atoms with Gasteiger partial charge < -0.3 is 19.4 Å². The van der Waals surface area contributed by atoms with Gasteiger partial charge in [0, 0.05) is 24.9 Å². The molecule has 1 N–H and O–H groups in total. The van der Waals surface area contributed by atoms with Gasteiger partial charge in [-0.25, -0.2) is 4.98 Å². The molecule has 0 radical (unpaired) electrons. The van der Waals surface area contributed by atoms with Crippen LogP contribution in [0, 0.1) is 0 Å². The second-order valence-corrected chi connectivity index (χ2v) is 6.03. The van der Waals surface area contributed by atoms with Crippen molar-refractivity contribution in [3.63, 3.8) is 0 Å². The van der Waals surface area contributed by atoms with Crippen molar-refractivity contribution >= 4 is 22.6 Å². The van der Waals surface area contributed by atoms with Gasteiger partial charge in [-0.3, -0.25) is 4.79 Å². The molecule has 0 fully saturated rings. The summed E-state index contributed by atoms with van der Waals surface area (Å²) in [5, 5.41) is 0. The molecule has 6 nitrogen and oxygen atoms in total. The van der Waals surface area contributed by atoms with Crippen molar-refractivity contribution in [3.05, 3.63) is 42.0 Å². The fraction of sp³-hybridized carbons (Fsp3) is 0.263. The van der Waals surface area contributed by atoms with E-state index in [4.69, 9.17) is 14.5 Å². The Kier molecular flexibility index (Phi) is 3.89. The number of methoxy groups -OCH3 is 2. The van der Waals surface area contributed by atoms with E-state index in [0.717, 1.165) is 39.4 Å². The first-order chi connectivity index (χ1) is 12.2. The van der Waals surface area contributed by atoms with Crippen LogP contribution in [0.5, 0.6) is 5.75 Å². The highest BCUT2D eigenvalue weighted by Gasteiger charge is 2.28. The van der Waals surface area contributed by atoms with Gasteiger partial charge in [0.25, 0.3) is 0 Å². The fourth-order valence-corrected chi connectivity index (χ4v) is 3.19. The maximum Gasteiger partial charge on any atom is 0.231 e. The number of anilines is 1. The first-order valence-corrected chi connectivity index (χ1v) is 8.16. The highest BCUT2D eigenvalue weighted by atomic mass is 16.5. The van der Waals surface area contributed by atoms with Crippen molar-refractivity contribution < 1.29 is 14.3 Å². The lowest BCUT2D eigenvalue weighted by Gasteiger charge is -2.16. The Balaban J connectivity index is 1.71. The first kappa shape index (κ1) is 15.7. The number of nitrogens with zero attached hydrogens (tertiary/aromatic N) is 2. The van der Waals surface area contributed by atoms with Gasteiger partial charge in [0.2, 0.25) is 5.91 Å². The number of carbonyl (C=O) groups is 1. The molecule has 4 rings (SSSR count). The van der Waals surface area contributed by atoms with Gasteiger partial charge in [-0.05, 0) is 42.0 Å². The quantitative estimate of drug-likeness (QED) is 0.777. The Labute approximate surface area is 145 Å². The van der Waals surface area contributed by atoms with E-state index >= 15 is 0 Å². The number of amides is 1. The number of nitrogens with one attached hydrogen (secondary N) is 1. The minimum absolute atomic E-state index is 0.107. The normalized spacial score (nSPS) is 13.5.